The normalized spacial score (nSPS) is 12.9. The lowest BCUT2D eigenvalue weighted by atomic mass is 9.83. The second kappa shape index (κ2) is 4.51. The van der Waals surface area contributed by atoms with Gasteiger partial charge in [0.25, 0.3) is 0 Å². The van der Waals surface area contributed by atoms with Crippen molar-refractivity contribution in [2.24, 2.45) is 5.73 Å². The minimum atomic E-state index is -0.364. The lowest BCUT2D eigenvalue weighted by Gasteiger charge is -2.25. The van der Waals surface area contributed by atoms with Crippen LogP contribution in [-0.2, 0) is 11.8 Å². The zero-order chi connectivity index (χ0) is 13.4. The van der Waals surface area contributed by atoms with E-state index in [1.54, 1.807) is 6.07 Å². The van der Waals surface area contributed by atoms with E-state index in [2.05, 4.69) is 20.8 Å². The van der Waals surface area contributed by atoms with E-state index in [1.165, 1.54) is 0 Å². The van der Waals surface area contributed by atoms with Crippen molar-refractivity contribution in [2.45, 2.75) is 52.0 Å². The molecule has 0 aliphatic heterocycles. The molecule has 3 heteroatoms. The topological polar surface area (TPSA) is 46.2 Å². The first-order chi connectivity index (χ1) is 7.50. The van der Waals surface area contributed by atoms with Gasteiger partial charge in [0.05, 0.1) is 0 Å². The molecule has 96 valence electrons. The summed E-state index contributed by atoms with van der Waals surface area (Å²) in [6.07, 6.45) is 0.600. The SMILES string of the molecule is CC(C)(N)Cc1cc(Cl)cc(C(C)(C)C)c1O. The van der Waals surface area contributed by atoms with Crippen molar-refractivity contribution < 1.29 is 5.11 Å². The summed E-state index contributed by atoms with van der Waals surface area (Å²) in [5, 5.41) is 10.9. The average Bonchev–Trinajstić information content (AvgIpc) is 2.06. The van der Waals surface area contributed by atoms with Crippen molar-refractivity contribution in [3.8, 4) is 5.75 Å². The van der Waals surface area contributed by atoms with E-state index in [4.69, 9.17) is 17.3 Å². The molecule has 0 amide bonds. The van der Waals surface area contributed by atoms with Crippen molar-refractivity contribution >= 4 is 11.6 Å². The second-order valence-electron chi connectivity index (χ2n) is 6.38. The molecule has 3 N–H and O–H groups in total. The third-order valence-corrected chi connectivity index (χ3v) is 2.83. The molecule has 0 bridgehead atoms. The van der Waals surface area contributed by atoms with Gasteiger partial charge in [-0.2, -0.15) is 0 Å². The molecule has 0 aliphatic carbocycles. The summed E-state index contributed by atoms with van der Waals surface area (Å²) in [4.78, 5) is 0. The molecule has 0 saturated carbocycles. The van der Waals surface area contributed by atoms with E-state index in [9.17, 15) is 5.11 Å². The summed E-state index contributed by atoms with van der Waals surface area (Å²) in [6.45, 7) is 10.0. The molecule has 0 heterocycles. The lowest BCUT2D eigenvalue weighted by Crippen LogP contribution is -2.34. The van der Waals surface area contributed by atoms with Crippen LogP contribution in [0.1, 0.15) is 45.7 Å². The highest BCUT2D eigenvalue weighted by atomic mass is 35.5. The molecule has 1 rings (SSSR count). The van der Waals surface area contributed by atoms with Crippen LogP contribution in [0, 0.1) is 0 Å². The van der Waals surface area contributed by atoms with Crippen LogP contribution in [0.15, 0.2) is 12.1 Å². The fraction of sp³-hybridized carbons (Fsp3) is 0.571. The zero-order valence-corrected chi connectivity index (χ0v) is 12.0. The van der Waals surface area contributed by atoms with E-state index < -0.39 is 0 Å². The van der Waals surface area contributed by atoms with Gasteiger partial charge in [0.2, 0.25) is 0 Å². The minimum absolute atomic E-state index is 0.136. The molecule has 0 fully saturated rings. The monoisotopic (exact) mass is 255 g/mol. The highest BCUT2D eigenvalue weighted by molar-refractivity contribution is 6.30. The summed E-state index contributed by atoms with van der Waals surface area (Å²) in [5.41, 5.74) is 7.17. The third kappa shape index (κ3) is 3.90. The Balaban J connectivity index is 3.29. The van der Waals surface area contributed by atoms with Crippen LogP contribution in [0.4, 0.5) is 0 Å². The molecule has 0 radical (unpaired) electrons. The fourth-order valence-electron chi connectivity index (χ4n) is 1.85. The number of hydrogen-bond donors (Lipinski definition) is 2. The summed E-state index contributed by atoms with van der Waals surface area (Å²) < 4.78 is 0. The Hall–Kier alpha value is -0.730. The number of phenolic OH excluding ortho intramolecular Hbond substituents is 1. The first-order valence-electron chi connectivity index (χ1n) is 5.81. The van der Waals surface area contributed by atoms with Crippen molar-refractivity contribution in [3.05, 3.63) is 28.3 Å². The van der Waals surface area contributed by atoms with Crippen LogP contribution in [0.5, 0.6) is 5.75 Å². The average molecular weight is 256 g/mol. The van der Waals surface area contributed by atoms with Gasteiger partial charge in [-0.3, -0.25) is 0 Å². The van der Waals surface area contributed by atoms with Gasteiger partial charge in [0.15, 0.2) is 0 Å². The van der Waals surface area contributed by atoms with Gasteiger partial charge in [-0.25, -0.2) is 0 Å². The predicted octanol–water partition coefficient (Wildman–Crippen LogP) is 3.62. The lowest BCUT2D eigenvalue weighted by molar-refractivity contribution is 0.428. The molecule has 1 aromatic carbocycles. The highest BCUT2D eigenvalue weighted by Gasteiger charge is 2.23. The van der Waals surface area contributed by atoms with E-state index in [0.29, 0.717) is 17.2 Å². The maximum absolute atomic E-state index is 10.3. The van der Waals surface area contributed by atoms with E-state index in [-0.39, 0.29) is 11.0 Å². The largest absolute Gasteiger partial charge is 0.507 e. The van der Waals surface area contributed by atoms with Gasteiger partial charge in [-0.15, -0.1) is 0 Å². The molecule has 0 spiro atoms. The molecule has 0 saturated heterocycles. The summed E-state index contributed by atoms with van der Waals surface area (Å²) in [5.74, 6) is 0.320. The van der Waals surface area contributed by atoms with Crippen LogP contribution < -0.4 is 5.73 Å². The minimum Gasteiger partial charge on any atom is -0.507 e. The van der Waals surface area contributed by atoms with Crippen LogP contribution in [0.25, 0.3) is 0 Å². The Morgan fingerprint density at radius 1 is 1.18 bits per heavy atom. The predicted molar refractivity (Wildman–Crippen MR) is 73.8 cm³/mol. The van der Waals surface area contributed by atoms with Crippen LogP contribution in [0.2, 0.25) is 5.02 Å². The number of phenols is 1. The maximum atomic E-state index is 10.3. The van der Waals surface area contributed by atoms with Crippen molar-refractivity contribution in [1.29, 1.82) is 0 Å². The number of rotatable bonds is 2. The quantitative estimate of drug-likeness (QED) is 0.848. The fourth-order valence-corrected chi connectivity index (χ4v) is 2.09. The van der Waals surface area contributed by atoms with E-state index in [1.807, 2.05) is 19.9 Å². The number of benzene rings is 1. The van der Waals surface area contributed by atoms with Gasteiger partial charge in [-0.1, -0.05) is 32.4 Å². The molecule has 0 aromatic heterocycles. The van der Waals surface area contributed by atoms with Gasteiger partial charge in [-0.05, 0) is 43.4 Å². The molecule has 0 unspecified atom stereocenters. The molecule has 2 nitrogen and oxygen atoms in total. The number of aromatic hydroxyl groups is 1. The first-order valence-corrected chi connectivity index (χ1v) is 6.19. The molecular weight excluding hydrogens is 234 g/mol. The van der Waals surface area contributed by atoms with Crippen molar-refractivity contribution in [3.63, 3.8) is 0 Å². The molecule has 0 aliphatic rings. The molecular formula is C14H22ClNO. The summed E-state index contributed by atoms with van der Waals surface area (Å²) in [6, 6.07) is 3.62. The van der Waals surface area contributed by atoms with Gasteiger partial charge >= 0.3 is 0 Å². The molecule has 1 aromatic rings. The number of halogens is 1. The zero-order valence-electron chi connectivity index (χ0n) is 11.3. The first kappa shape index (κ1) is 14.3. The Bertz CT molecular complexity index is 413. The summed E-state index contributed by atoms with van der Waals surface area (Å²) >= 11 is 6.10. The van der Waals surface area contributed by atoms with Crippen molar-refractivity contribution in [1.82, 2.24) is 0 Å². The molecule has 0 atom stereocenters. The third-order valence-electron chi connectivity index (χ3n) is 2.61. The summed E-state index contributed by atoms with van der Waals surface area (Å²) in [7, 11) is 0. The Kier molecular flexibility index (Phi) is 3.80. The van der Waals surface area contributed by atoms with Crippen molar-refractivity contribution in [2.75, 3.05) is 0 Å². The smallest absolute Gasteiger partial charge is 0.122 e. The van der Waals surface area contributed by atoms with E-state index >= 15 is 0 Å². The highest BCUT2D eigenvalue weighted by Crippen LogP contribution is 2.36. The van der Waals surface area contributed by atoms with E-state index in [0.717, 1.165) is 11.1 Å². The Labute approximate surface area is 109 Å². The molecule has 17 heavy (non-hydrogen) atoms. The number of hydrogen-bond acceptors (Lipinski definition) is 2. The maximum Gasteiger partial charge on any atom is 0.122 e. The van der Waals surface area contributed by atoms with Gasteiger partial charge in [0, 0.05) is 16.1 Å². The van der Waals surface area contributed by atoms with Crippen LogP contribution in [0.3, 0.4) is 0 Å². The Morgan fingerprint density at radius 2 is 1.71 bits per heavy atom. The van der Waals surface area contributed by atoms with Crippen LogP contribution >= 0.6 is 11.6 Å². The number of nitrogens with two attached hydrogens (primary N) is 1. The standard InChI is InChI=1S/C14H22ClNO/c1-13(2,3)11-7-10(15)6-9(12(11)17)8-14(4,5)16/h6-7,17H,8,16H2,1-5H3. The van der Waals surface area contributed by atoms with Gasteiger partial charge < -0.3 is 10.8 Å². The Morgan fingerprint density at radius 3 is 2.12 bits per heavy atom. The van der Waals surface area contributed by atoms with Crippen LogP contribution in [-0.4, -0.2) is 10.6 Å². The van der Waals surface area contributed by atoms with Gasteiger partial charge in [0.1, 0.15) is 5.75 Å². The second-order valence-corrected chi connectivity index (χ2v) is 6.81.